The van der Waals surface area contributed by atoms with E-state index >= 15 is 0 Å². The van der Waals surface area contributed by atoms with Gasteiger partial charge >= 0.3 is 0 Å². The minimum Gasteiger partial charge on any atom is -0.364 e. The molecule has 6 heteroatoms. The van der Waals surface area contributed by atoms with Gasteiger partial charge in [0.2, 0.25) is 0 Å². The lowest BCUT2D eigenvalue weighted by Crippen LogP contribution is -2.40. The zero-order valence-electron chi connectivity index (χ0n) is 15.6. The first-order valence-electron chi connectivity index (χ1n) is 9.22. The average Bonchev–Trinajstić information content (AvgIpc) is 2.68. The van der Waals surface area contributed by atoms with Crippen molar-refractivity contribution in [1.82, 2.24) is 20.1 Å². The molecule has 0 radical (unpaired) electrons. The van der Waals surface area contributed by atoms with Crippen molar-refractivity contribution in [1.29, 1.82) is 5.26 Å². The van der Waals surface area contributed by atoms with Crippen LogP contribution in [0.25, 0.3) is 22.0 Å². The lowest BCUT2D eigenvalue weighted by Gasteiger charge is -2.30. The van der Waals surface area contributed by atoms with Crippen LogP contribution in [0.5, 0.6) is 0 Å². The molecule has 0 amide bonds. The number of aromatic nitrogens is 3. The molecule has 3 heterocycles. The Hall–Kier alpha value is -3.04. The number of piperidine rings is 1. The predicted molar refractivity (Wildman–Crippen MR) is 106 cm³/mol. The molecule has 3 aromatic rings. The summed E-state index contributed by atoms with van der Waals surface area (Å²) in [6.45, 7) is 4.14. The van der Waals surface area contributed by atoms with E-state index in [1.54, 1.807) is 6.20 Å². The van der Waals surface area contributed by atoms with Crippen LogP contribution in [0.3, 0.4) is 0 Å². The maximum atomic E-state index is 9.11. The Morgan fingerprint density at radius 2 is 2.11 bits per heavy atom. The summed E-state index contributed by atoms with van der Waals surface area (Å²) in [5, 5.41) is 23.7. The molecule has 0 aliphatic carbocycles. The van der Waals surface area contributed by atoms with E-state index in [1.807, 2.05) is 37.4 Å². The highest BCUT2D eigenvalue weighted by atomic mass is 15.2. The average molecular weight is 358 g/mol. The number of rotatable bonds is 3. The zero-order chi connectivity index (χ0) is 18.8. The third kappa shape index (κ3) is 3.46. The molecule has 1 atom stereocenters. The normalized spacial score (nSPS) is 17.6. The van der Waals surface area contributed by atoms with Gasteiger partial charge in [-0.2, -0.15) is 5.26 Å². The minimum atomic E-state index is 0.365. The standard InChI is InChI=1S/C21H22N6/c1-14-10-15(11-22)5-6-17(14)20-18-7-8-23-12-19(18)21(26-25-20)24-16-4-3-9-27(2)13-16/h5-8,10,12,16H,3-4,9,13H2,1-2H3,(H,24,26)/t16-/m1/s1. The van der Waals surface area contributed by atoms with Gasteiger partial charge in [0.15, 0.2) is 5.82 Å². The summed E-state index contributed by atoms with van der Waals surface area (Å²) in [7, 11) is 2.15. The van der Waals surface area contributed by atoms with E-state index in [0.29, 0.717) is 11.6 Å². The number of hydrogen-bond acceptors (Lipinski definition) is 6. The van der Waals surface area contributed by atoms with Gasteiger partial charge in [0.05, 0.1) is 11.6 Å². The van der Waals surface area contributed by atoms with Gasteiger partial charge in [0.25, 0.3) is 0 Å². The Bertz CT molecular complexity index is 1020. The Balaban J connectivity index is 1.76. The van der Waals surface area contributed by atoms with Gasteiger partial charge in [-0.3, -0.25) is 4.98 Å². The van der Waals surface area contributed by atoms with Crippen molar-refractivity contribution in [3.8, 4) is 17.3 Å². The number of nitrogens with zero attached hydrogens (tertiary/aromatic N) is 5. The van der Waals surface area contributed by atoms with Crippen molar-refractivity contribution in [3.05, 3.63) is 47.8 Å². The maximum Gasteiger partial charge on any atom is 0.158 e. The molecule has 27 heavy (non-hydrogen) atoms. The molecular formula is C21H22N6. The van der Waals surface area contributed by atoms with Gasteiger partial charge in [0, 0.05) is 41.3 Å². The zero-order valence-corrected chi connectivity index (χ0v) is 15.6. The Morgan fingerprint density at radius 1 is 1.22 bits per heavy atom. The Labute approximate surface area is 158 Å². The summed E-state index contributed by atoms with van der Waals surface area (Å²) >= 11 is 0. The number of nitrogens with one attached hydrogen (secondary N) is 1. The number of hydrogen-bond donors (Lipinski definition) is 1. The summed E-state index contributed by atoms with van der Waals surface area (Å²) in [5.41, 5.74) is 3.47. The van der Waals surface area contributed by atoms with Crippen molar-refractivity contribution >= 4 is 16.6 Å². The van der Waals surface area contributed by atoms with Crippen molar-refractivity contribution in [3.63, 3.8) is 0 Å². The number of anilines is 1. The number of likely N-dealkylation sites (tertiary alicyclic amines) is 1. The van der Waals surface area contributed by atoms with Crippen molar-refractivity contribution in [2.45, 2.75) is 25.8 Å². The lowest BCUT2D eigenvalue weighted by molar-refractivity contribution is 0.261. The second-order valence-corrected chi connectivity index (χ2v) is 7.21. The minimum absolute atomic E-state index is 0.365. The molecule has 136 valence electrons. The van der Waals surface area contributed by atoms with E-state index < -0.39 is 0 Å². The largest absolute Gasteiger partial charge is 0.364 e. The van der Waals surface area contributed by atoms with Crippen LogP contribution in [0.15, 0.2) is 36.7 Å². The molecule has 6 nitrogen and oxygen atoms in total. The van der Waals surface area contributed by atoms with Gasteiger partial charge in [-0.1, -0.05) is 6.07 Å². The maximum absolute atomic E-state index is 9.11. The van der Waals surface area contributed by atoms with E-state index in [2.05, 4.69) is 38.5 Å². The van der Waals surface area contributed by atoms with Crippen LogP contribution in [0.4, 0.5) is 5.82 Å². The molecule has 1 N–H and O–H groups in total. The van der Waals surface area contributed by atoms with E-state index in [4.69, 9.17) is 5.26 Å². The van der Waals surface area contributed by atoms with Crippen LogP contribution < -0.4 is 5.32 Å². The number of aryl methyl sites for hydroxylation is 1. The van der Waals surface area contributed by atoms with E-state index in [1.165, 1.54) is 6.42 Å². The van der Waals surface area contributed by atoms with E-state index in [9.17, 15) is 0 Å². The first-order valence-corrected chi connectivity index (χ1v) is 9.22. The molecule has 0 saturated carbocycles. The molecule has 2 aromatic heterocycles. The second-order valence-electron chi connectivity index (χ2n) is 7.21. The SMILES string of the molecule is Cc1cc(C#N)ccc1-c1nnc(N[C@@H]2CCCN(C)C2)c2cnccc12. The summed E-state index contributed by atoms with van der Waals surface area (Å²) in [6, 6.07) is 10.2. The monoisotopic (exact) mass is 358 g/mol. The van der Waals surface area contributed by atoms with Crippen LogP contribution in [-0.4, -0.2) is 46.3 Å². The van der Waals surface area contributed by atoms with Gasteiger partial charge in [0.1, 0.15) is 5.69 Å². The molecular weight excluding hydrogens is 336 g/mol. The van der Waals surface area contributed by atoms with Crippen LogP contribution >= 0.6 is 0 Å². The molecule has 0 bridgehead atoms. The highest BCUT2D eigenvalue weighted by molar-refractivity contribution is 6.00. The number of nitriles is 1. The van der Waals surface area contributed by atoms with Gasteiger partial charge < -0.3 is 10.2 Å². The molecule has 1 aromatic carbocycles. The number of likely N-dealkylation sites (N-methyl/N-ethyl adjacent to an activating group) is 1. The lowest BCUT2D eigenvalue weighted by atomic mass is 9.99. The van der Waals surface area contributed by atoms with Crippen LogP contribution in [0, 0.1) is 18.3 Å². The van der Waals surface area contributed by atoms with Crippen LogP contribution in [-0.2, 0) is 0 Å². The second kappa shape index (κ2) is 7.29. The van der Waals surface area contributed by atoms with E-state index in [-0.39, 0.29) is 0 Å². The summed E-state index contributed by atoms with van der Waals surface area (Å²) in [4.78, 5) is 6.64. The van der Waals surface area contributed by atoms with Crippen LogP contribution in [0.1, 0.15) is 24.0 Å². The van der Waals surface area contributed by atoms with Crippen molar-refractivity contribution in [2.24, 2.45) is 0 Å². The smallest absolute Gasteiger partial charge is 0.158 e. The number of pyridine rings is 1. The summed E-state index contributed by atoms with van der Waals surface area (Å²) in [6.07, 6.45) is 5.94. The number of fused-ring (bicyclic) bond motifs is 1. The predicted octanol–water partition coefficient (Wildman–Crippen LogP) is 3.38. The highest BCUT2D eigenvalue weighted by Gasteiger charge is 2.20. The van der Waals surface area contributed by atoms with Gasteiger partial charge in [-0.15, -0.1) is 10.2 Å². The molecule has 1 fully saturated rings. The summed E-state index contributed by atoms with van der Waals surface area (Å²) in [5.74, 6) is 0.786. The molecule has 0 spiro atoms. The third-order valence-electron chi connectivity index (χ3n) is 5.16. The molecule has 1 aliphatic rings. The molecule has 1 aliphatic heterocycles. The Kier molecular flexibility index (Phi) is 4.69. The highest BCUT2D eigenvalue weighted by Crippen LogP contribution is 2.31. The quantitative estimate of drug-likeness (QED) is 0.773. The van der Waals surface area contributed by atoms with Crippen LogP contribution in [0.2, 0.25) is 0 Å². The van der Waals surface area contributed by atoms with Gasteiger partial charge in [-0.05, 0) is 57.1 Å². The molecule has 0 unspecified atom stereocenters. The first-order chi connectivity index (χ1) is 13.2. The number of benzene rings is 1. The third-order valence-corrected chi connectivity index (χ3v) is 5.16. The van der Waals surface area contributed by atoms with E-state index in [0.717, 1.165) is 52.9 Å². The Morgan fingerprint density at radius 3 is 2.89 bits per heavy atom. The molecule has 1 saturated heterocycles. The fourth-order valence-electron chi connectivity index (χ4n) is 3.78. The van der Waals surface area contributed by atoms with Gasteiger partial charge in [-0.25, -0.2) is 0 Å². The van der Waals surface area contributed by atoms with Crippen molar-refractivity contribution in [2.75, 3.05) is 25.5 Å². The molecule has 4 rings (SSSR count). The summed E-state index contributed by atoms with van der Waals surface area (Å²) < 4.78 is 0. The topological polar surface area (TPSA) is 77.7 Å². The first kappa shape index (κ1) is 17.4. The fourth-order valence-corrected chi connectivity index (χ4v) is 3.78. The van der Waals surface area contributed by atoms with Crippen molar-refractivity contribution < 1.29 is 0 Å². The fraction of sp³-hybridized carbons (Fsp3) is 0.333.